The average molecular weight is 305 g/mol. The van der Waals surface area contributed by atoms with Crippen LogP contribution in [0.4, 0.5) is 0 Å². The van der Waals surface area contributed by atoms with Gasteiger partial charge in [0.25, 0.3) is 5.91 Å². The Labute approximate surface area is 130 Å². The zero-order valence-corrected chi connectivity index (χ0v) is 12.9. The molecule has 5 nitrogen and oxygen atoms in total. The van der Waals surface area contributed by atoms with Gasteiger partial charge in [-0.15, -0.1) is 0 Å². The molecule has 1 aromatic carbocycles. The Hall–Kier alpha value is -1.88. The number of ether oxygens (including phenoxy) is 1. The van der Waals surface area contributed by atoms with E-state index in [1.165, 1.54) is 12.5 Å². The van der Waals surface area contributed by atoms with Gasteiger partial charge >= 0.3 is 5.97 Å². The normalized spacial score (nSPS) is 15.5. The van der Waals surface area contributed by atoms with Gasteiger partial charge in [-0.2, -0.15) is 0 Å². The third-order valence-electron chi connectivity index (χ3n) is 4.13. The second kappa shape index (κ2) is 7.94. The number of aromatic carboxylic acids is 1. The molecule has 1 aliphatic rings. The molecule has 22 heavy (non-hydrogen) atoms. The number of hydrogen-bond acceptors (Lipinski definition) is 3. The monoisotopic (exact) mass is 305 g/mol. The van der Waals surface area contributed by atoms with Gasteiger partial charge in [-0.25, -0.2) is 4.79 Å². The molecule has 2 N–H and O–H groups in total. The zero-order chi connectivity index (χ0) is 15.9. The molecule has 1 amide bonds. The minimum absolute atomic E-state index is 0.181. The summed E-state index contributed by atoms with van der Waals surface area (Å²) in [6.45, 7) is 0.839. The second-order valence-corrected chi connectivity index (χ2v) is 5.73. The quantitative estimate of drug-likeness (QED) is 0.792. The van der Waals surface area contributed by atoms with Crippen molar-refractivity contribution < 1.29 is 19.4 Å². The molecule has 1 saturated carbocycles. The standard InChI is InChI=1S/C17H23NO4/c1-22-8-7-18-16(19)14-9-13(10-15(11-14)17(20)21)12-5-3-2-4-6-12/h9-12H,2-8H2,1H3,(H,18,19)(H,20,21). The largest absolute Gasteiger partial charge is 0.478 e. The molecule has 5 heteroatoms. The van der Waals surface area contributed by atoms with E-state index in [2.05, 4.69) is 5.32 Å². The van der Waals surface area contributed by atoms with Crippen LogP contribution in [0.1, 0.15) is 64.3 Å². The van der Waals surface area contributed by atoms with Crippen molar-refractivity contribution in [2.24, 2.45) is 0 Å². The maximum Gasteiger partial charge on any atom is 0.335 e. The van der Waals surface area contributed by atoms with E-state index in [1.807, 2.05) is 6.07 Å². The summed E-state index contributed by atoms with van der Waals surface area (Å²) >= 11 is 0. The molecule has 120 valence electrons. The van der Waals surface area contributed by atoms with Gasteiger partial charge in [-0.1, -0.05) is 19.3 Å². The Bertz CT molecular complexity index is 535. The number of amides is 1. The highest BCUT2D eigenvalue weighted by Crippen LogP contribution is 2.33. The molecule has 0 unspecified atom stereocenters. The number of methoxy groups -OCH3 is 1. The summed E-state index contributed by atoms with van der Waals surface area (Å²) in [7, 11) is 1.57. The van der Waals surface area contributed by atoms with Gasteiger partial charge in [0.05, 0.1) is 12.2 Å². The first-order chi connectivity index (χ1) is 10.6. The Morgan fingerprint density at radius 2 is 1.86 bits per heavy atom. The number of benzene rings is 1. The maximum absolute atomic E-state index is 12.2. The second-order valence-electron chi connectivity index (χ2n) is 5.73. The van der Waals surface area contributed by atoms with Crippen LogP contribution in [0.25, 0.3) is 0 Å². The molecular weight excluding hydrogens is 282 g/mol. The lowest BCUT2D eigenvalue weighted by atomic mass is 9.83. The van der Waals surface area contributed by atoms with Crippen LogP contribution in [-0.2, 0) is 4.74 Å². The zero-order valence-electron chi connectivity index (χ0n) is 12.9. The Balaban J connectivity index is 2.22. The molecule has 1 aromatic rings. The third kappa shape index (κ3) is 4.31. The molecule has 0 aromatic heterocycles. The number of carboxylic acids is 1. The van der Waals surface area contributed by atoms with Crippen molar-refractivity contribution in [3.8, 4) is 0 Å². The molecule has 0 spiro atoms. The van der Waals surface area contributed by atoms with Gasteiger partial charge in [0.15, 0.2) is 0 Å². The SMILES string of the molecule is COCCNC(=O)c1cc(C(=O)O)cc(C2CCCCC2)c1. The first-order valence-corrected chi connectivity index (χ1v) is 7.77. The summed E-state index contributed by atoms with van der Waals surface area (Å²) in [5, 5.41) is 12.0. The van der Waals surface area contributed by atoms with Gasteiger partial charge in [-0.05, 0) is 42.5 Å². The fourth-order valence-electron chi connectivity index (χ4n) is 2.95. The molecule has 0 radical (unpaired) electrons. The van der Waals surface area contributed by atoms with Crippen LogP contribution in [-0.4, -0.2) is 37.2 Å². The Morgan fingerprint density at radius 3 is 2.50 bits per heavy atom. The minimum atomic E-state index is -0.997. The lowest BCUT2D eigenvalue weighted by Crippen LogP contribution is -2.27. The highest BCUT2D eigenvalue weighted by molar-refractivity contribution is 5.97. The fourth-order valence-corrected chi connectivity index (χ4v) is 2.95. The average Bonchev–Trinajstić information content (AvgIpc) is 2.55. The van der Waals surface area contributed by atoms with E-state index in [4.69, 9.17) is 4.74 Å². The van der Waals surface area contributed by atoms with E-state index in [-0.39, 0.29) is 11.5 Å². The molecule has 0 bridgehead atoms. The molecular formula is C17H23NO4. The third-order valence-corrected chi connectivity index (χ3v) is 4.13. The molecule has 1 fully saturated rings. The molecule has 0 saturated heterocycles. The molecule has 0 aliphatic heterocycles. The molecule has 0 heterocycles. The van der Waals surface area contributed by atoms with Crippen molar-refractivity contribution in [3.05, 3.63) is 34.9 Å². The highest BCUT2D eigenvalue weighted by Gasteiger charge is 2.19. The molecule has 0 atom stereocenters. The Kier molecular flexibility index (Phi) is 5.95. The van der Waals surface area contributed by atoms with Crippen LogP contribution in [0.15, 0.2) is 18.2 Å². The summed E-state index contributed by atoms with van der Waals surface area (Å²) < 4.78 is 4.90. The number of carbonyl (C=O) groups excluding carboxylic acids is 1. The first kappa shape index (κ1) is 16.5. The Morgan fingerprint density at radius 1 is 1.18 bits per heavy atom. The summed E-state index contributed by atoms with van der Waals surface area (Å²) in [5.74, 6) is -0.889. The highest BCUT2D eigenvalue weighted by atomic mass is 16.5. The smallest absolute Gasteiger partial charge is 0.335 e. The van der Waals surface area contributed by atoms with Crippen molar-refractivity contribution in [1.82, 2.24) is 5.32 Å². The van der Waals surface area contributed by atoms with E-state index in [9.17, 15) is 14.7 Å². The number of carbonyl (C=O) groups is 2. The maximum atomic E-state index is 12.2. The number of carboxylic acid groups (broad SMARTS) is 1. The predicted molar refractivity (Wildman–Crippen MR) is 83.4 cm³/mol. The fraction of sp³-hybridized carbons (Fsp3) is 0.529. The number of nitrogens with one attached hydrogen (secondary N) is 1. The summed E-state index contributed by atoms with van der Waals surface area (Å²) in [6.07, 6.45) is 5.69. The van der Waals surface area contributed by atoms with Crippen LogP contribution in [0.5, 0.6) is 0 Å². The van der Waals surface area contributed by atoms with Crippen molar-refractivity contribution in [2.75, 3.05) is 20.3 Å². The number of hydrogen-bond donors (Lipinski definition) is 2. The van der Waals surface area contributed by atoms with Crippen molar-refractivity contribution in [2.45, 2.75) is 38.0 Å². The van der Waals surface area contributed by atoms with Crippen molar-refractivity contribution in [3.63, 3.8) is 0 Å². The van der Waals surface area contributed by atoms with Crippen LogP contribution in [0, 0.1) is 0 Å². The van der Waals surface area contributed by atoms with Gasteiger partial charge in [0.2, 0.25) is 0 Å². The molecule has 2 rings (SSSR count). The summed E-state index contributed by atoms with van der Waals surface area (Å²) in [5.41, 5.74) is 1.56. The first-order valence-electron chi connectivity index (χ1n) is 7.77. The summed E-state index contributed by atoms with van der Waals surface area (Å²) in [4.78, 5) is 23.5. The topological polar surface area (TPSA) is 75.6 Å². The lowest BCUT2D eigenvalue weighted by molar-refractivity contribution is 0.0696. The van der Waals surface area contributed by atoms with E-state index in [1.54, 1.807) is 13.2 Å². The minimum Gasteiger partial charge on any atom is -0.478 e. The van der Waals surface area contributed by atoms with Crippen LogP contribution in [0.3, 0.4) is 0 Å². The van der Waals surface area contributed by atoms with Gasteiger partial charge in [0, 0.05) is 19.2 Å². The number of rotatable bonds is 6. The molecule has 1 aliphatic carbocycles. The van der Waals surface area contributed by atoms with Gasteiger partial charge in [0.1, 0.15) is 0 Å². The van der Waals surface area contributed by atoms with E-state index in [0.717, 1.165) is 31.2 Å². The lowest BCUT2D eigenvalue weighted by Gasteiger charge is -2.22. The van der Waals surface area contributed by atoms with Gasteiger partial charge in [-0.3, -0.25) is 4.79 Å². The van der Waals surface area contributed by atoms with Crippen molar-refractivity contribution in [1.29, 1.82) is 0 Å². The van der Waals surface area contributed by atoms with Gasteiger partial charge < -0.3 is 15.2 Å². The predicted octanol–water partition coefficient (Wildman–Crippen LogP) is 2.81. The van der Waals surface area contributed by atoms with Crippen LogP contribution in [0.2, 0.25) is 0 Å². The summed E-state index contributed by atoms with van der Waals surface area (Å²) in [6, 6.07) is 4.99. The van der Waals surface area contributed by atoms with E-state index < -0.39 is 5.97 Å². The van der Waals surface area contributed by atoms with E-state index >= 15 is 0 Å². The van der Waals surface area contributed by atoms with Crippen LogP contribution >= 0.6 is 0 Å². The van der Waals surface area contributed by atoms with Crippen molar-refractivity contribution >= 4 is 11.9 Å². The van der Waals surface area contributed by atoms with Crippen LogP contribution < -0.4 is 5.32 Å². The van der Waals surface area contributed by atoms with E-state index in [0.29, 0.717) is 24.6 Å².